The monoisotopic (exact) mass is 263 g/mol. The van der Waals surface area contributed by atoms with E-state index in [1.165, 1.54) is 5.56 Å². The molecule has 0 amide bonds. The topological polar surface area (TPSA) is 38.3 Å². The summed E-state index contributed by atoms with van der Waals surface area (Å²) in [5, 5.41) is 3.24. The van der Waals surface area contributed by atoms with Crippen LogP contribution in [-0.4, -0.2) is 31.6 Å². The summed E-state index contributed by atoms with van der Waals surface area (Å²) >= 11 is 0. The molecule has 3 nitrogen and oxygen atoms in total. The van der Waals surface area contributed by atoms with Crippen LogP contribution in [0.5, 0.6) is 0 Å². The predicted octanol–water partition coefficient (Wildman–Crippen LogP) is 2.84. The van der Waals surface area contributed by atoms with Gasteiger partial charge in [0.25, 0.3) is 0 Å². The lowest BCUT2D eigenvalue weighted by Gasteiger charge is -2.13. The second-order valence-corrected chi connectivity index (χ2v) is 4.64. The van der Waals surface area contributed by atoms with Crippen LogP contribution in [0, 0.1) is 0 Å². The number of benzene rings is 1. The SMILES string of the molecule is CCOCCCNC(C)C(=O)c1ccc(CC)cc1. The van der Waals surface area contributed by atoms with E-state index < -0.39 is 0 Å². The molecule has 0 aliphatic rings. The standard InChI is InChI=1S/C16H25NO2/c1-4-14-7-9-15(10-8-14)16(18)13(3)17-11-6-12-19-5-2/h7-10,13,17H,4-6,11-12H2,1-3H3. The van der Waals surface area contributed by atoms with Crippen LogP contribution < -0.4 is 5.32 Å². The van der Waals surface area contributed by atoms with Crippen LogP contribution >= 0.6 is 0 Å². The Morgan fingerprint density at radius 2 is 1.95 bits per heavy atom. The van der Waals surface area contributed by atoms with Gasteiger partial charge in [0.15, 0.2) is 5.78 Å². The van der Waals surface area contributed by atoms with Gasteiger partial charge in [-0.3, -0.25) is 4.79 Å². The molecule has 0 saturated carbocycles. The van der Waals surface area contributed by atoms with Crippen molar-refractivity contribution in [1.29, 1.82) is 0 Å². The largest absolute Gasteiger partial charge is 0.382 e. The highest BCUT2D eigenvalue weighted by molar-refractivity contribution is 5.99. The molecule has 0 aromatic heterocycles. The quantitative estimate of drug-likeness (QED) is 0.550. The number of nitrogens with one attached hydrogen (secondary N) is 1. The maximum absolute atomic E-state index is 12.2. The molecule has 0 bridgehead atoms. The fourth-order valence-electron chi connectivity index (χ4n) is 1.88. The van der Waals surface area contributed by atoms with Crippen molar-refractivity contribution in [3.8, 4) is 0 Å². The highest BCUT2D eigenvalue weighted by atomic mass is 16.5. The van der Waals surface area contributed by atoms with E-state index in [1.807, 2.05) is 38.1 Å². The molecule has 19 heavy (non-hydrogen) atoms. The van der Waals surface area contributed by atoms with Gasteiger partial charge in [-0.05, 0) is 38.8 Å². The van der Waals surface area contributed by atoms with Crippen molar-refractivity contribution in [1.82, 2.24) is 5.32 Å². The van der Waals surface area contributed by atoms with Crippen LogP contribution in [0.2, 0.25) is 0 Å². The third kappa shape index (κ3) is 5.53. The lowest BCUT2D eigenvalue weighted by molar-refractivity contribution is 0.0946. The Bertz CT molecular complexity index is 373. The van der Waals surface area contributed by atoms with Crippen molar-refractivity contribution in [2.45, 2.75) is 39.7 Å². The first-order chi connectivity index (χ1) is 9.19. The third-order valence-electron chi connectivity index (χ3n) is 3.16. The maximum Gasteiger partial charge on any atom is 0.179 e. The number of hydrogen-bond acceptors (Lipinski definition) is 3. The van der Waals surface area contributed by atoms with E-state index in [0.29, 0.717) is 0 Å². The molecule has 3 heteroatoms. The number of carbonyl (C=O) groups excluding carboxylic acids is 1. The minimum absolute atomic E-state index is 0.144. The average molecular weight is 263 g/mol. The molecule has 0 spiro atoms. The van der Waals surface area contributed by atoms with Crippen molar-refractivity contribution in [2.24, 2.45) is 0 Å². The second-order valence-electron chi connectivity index (χ2n) is 4.64. The van der Waals surface area contributed by atoms with Crippen molar-refractivity contribution in [3.63, 3.8) is 0 Å². The van der Waals surface area contributed by atoms with Gasteiger partial charge in [0, 0.05) is 18.8 Å². The second kappa shape index (κ2) is 8.83. The highest BCUT2D eigenvalue weighted by Gasteiger charge is 2.13. The van der Waals surface area contributed by atoms with E-state index in [9.17, 15) is 4.79 Å². The first kappa shape index (κ1) is 15.9. The molecular formula is C16H25NO2. The maximum atomic E-state index is 12.2. The molecule has 1 rings (SSSR count). The highest BCUT2D eigenvalue weighted by Crippen LogP contribution is 2.07. The van der Waals surface area contributed by atoms with Gasteiger partial charge in [-0.15, -0.1) is 0 Å². The van der Waals surface area contributed by atoms with E-state index in [2.05, 4.69) is 12.2 Å². The summed E-state index contributed by atoms with van der Waals surface area (Å²) in [5.41, 5.74) is 2.04. The zero-order valence-corrected chi connectivity index (χ0v) is 12.2. The Morgan fingerprint density at radius 3 is 2.53 bits per heavy atom. The van der Waals surface area contributed by atoms with Crippen molar-refractivity contribution in [3.05, 3.63) is 35.4 Å². The van der Waals surface area contributed by atoms with E-state index in [0.717, 1.165) is 38.2 Å². The molecule has 1 unspecified atom stereocenters. The number of hydrogen-bond donors (Lipinski definition) is 1. The van der Waals surface area contributed by atoms with Crippen LogP contribution in [-0.2, 0) is 11.2 Å². The van der Waals surface area contributed by atoms with Gasteiger partial charge in [0.1, 0.15) is 0 Å². The molecule has 1 N–H and O–H groups in total. The van der Waals surface area contributed by atoms with E-state index in [4.69, 9.17) is 4.74 Å². The first-order valence-electron chi connectivity index (χ1n) is 7.13. The molecule has 1 aromatic carbocycles. The van der Waals surface area contributed by atoms with Gasteiger partial charge in [0.05, 0.1) is 6.04 Å². The zero-order valence-electron chi connectivity index (χ0n) is 12.2. The minimum Gasteiger partial charge on any atom is -0.382 e. The number of aryl methyl sites for hydroxylation is 1. The Labute approximate surface area is 116 Å². The molecule has 1 aromatic rings. The van der Waals surface area contributed by atoms with Gasteiger partial charge in [0.2, 0.25) is 0 Å². The molecule has 0 aliphatic carbocycles. The third-order valence-corrected chi connectivity index (χ3v) is 3.16. The van der Waals surface area contributed by atoms with E-state index >= 15 is 0 Å². The smallest absolute Gasteiger partial charge is 0.179 e. The summed E-state index contributed by atoms with van der Waals surface area (Å²) in [5.74, 6) is 0.152. The van der Waals surface area contributed by atoms with Crippen LogP contribution in [0.1, 0.15) is 43.1 Å². The van der Waals surface area contributed by atoms with Gasteiger partial charge in [-0.2, -0.15) is 0 Å². The Hall–Kier alpha value is -1.19. The summed E-state index contributed by atoms with van der Waals surface area (Å²) in [7, 11) is 0. The van der Waals surface area contributed by atoms with Gasteiger partial charge >= 0.3 is 0 Å². The fraction of sp³-hybridized carbons (Fsp3) is 0.562. The fourth-order valence-corrected chi connectivity index (χ4v) is 1.88. The summed E-state index contributed by atoms with van der Waals surface area (Å²) in [4.78, 5) is 12.2. The molecule has 106 valence electrons. The lowest BCUT2D eigenvalue weighted by Crippen LogP contribution is -2.35. The Kier molecular flexibility index (Phi) is 7.38. The van der Waals surface area contributed by atoms with Crippen molar-refractivity contribution >= 4 is 5.78 Å². The average Bonchev–Trinajstić information content (AvgIpc) is 2.46. The summed E-state index contributed by atoms with van der Waals surface area (Å²) in [6.45, 7) is 8.31. The Balaban J connectivity index is 2.38. The van der Waals surface area contributed by atoms with Crippen molar-refractivity contribution < 1.29 is 9.53 Å². The number of ether oxygens (including phenoxy) is 1. The van der Waals surface area contributed by atoms with Crippen molar-refractivity contribution in [2.75, 3.05) is 19.8 Å². The molecule has 0 heterocycles. The number of Topliss-reactive ketones (excluding diaryl/α,β-unsaturated/α-hetero) is 1. The molecule has 0 radical (unpaired) electrons. The normalized spacial score (nSPS) is 12.4. The van der Waals surface area contributed by atoms with Crippen LogP contribution in [0.15, 0.2) is 24.3 Å². The zero-order chi connectivity index (χ0) is 14.1. The number of ketones is 1. The lowest BCUT2D eigenvalue weighted by atomic mass is 10.0. The summed E-state index contributed by atoms with van der Waals surface area (Å²) in [6, 6.07) is 7.73. The van der Waals surface area contributed by atoms with Crippen LogP contribution in [0.4, 0.5) is 0 Å². The van der Waals surface area contributed by atoms with Gasteiger partial charge in [-0.1, -0.05) is 31.2 Å². The first-order valence-corrected chi connectivity index (χ1v) is 7.13. The predicted molar refractivity (Wildman–Crippen MR) is 78.7 cm³/mol. The summed E-state index contributed by atoms with van der Waals surface area (Å²) < 4.78 is 5.26. The molecular weight excluding hydrogens is 238 g/mol. The number of rotatable bonds is 9. The molecule has 0 fully saturated rings. The van der Waals surface area contributed by atoms with Crippen LogP contribution in [0.25, 0.3) is 0 Å². The Morgan fingerprint density at radius 1 is 1.26 bits per heavy atom. The molecule has 0 aliphatic heterocycles. The van der Waals surface area contributed by atoms with Gasteiger partial charge < -0.3 is 10.1 Å². The van der Waals surface area contributed by atoms with Crippen LogP contribution in [0.3, 0.4) is 0 Å². The number of carbonyl (C=O) groups is 1. The molecule has 1 atom stereocenters. The molecule has 0 saturated heterocycles. The van der Waals surface area contributed by atoms with E-state index in [-0.39, 0.29) is 11.8 Å². The van der Waals surface area contributed by atoms with E-state index in [1.54, 1.807) is 0 Å². The van der Waals surface area contributed by atoms with Gasteiger partial charge in [-0.25, -0.2) is 0 Å². The summed E-state index contributed by atoms with van der Waals surface area (Å²) in [6.07, 6.45) is 1.93. The minimum atomic E-state index is -0.144.